The van der Waals surface area contributed by atoms with Gasteiger partial charge in [0.05, 0.1) is 11.7 Å². The number of rotatable bonds is 13. The number of hydrogen-bond donors (Lipinski definition) is 3. The molecular formula is C29H56N2O2. The molecule has 0 saturated carbocycles. The Morgan fingerprint density at radius 1 is 1.24 bits per heavy atom. The Labute approximate surface area is 206 Å². The van der Waals surface area contributed by atoms with Gasteiger partial charge in [-0.25, -0.2) is 0 Å². The second-order valence-electron chi connectivity index (χ2n) is 12.1. The molecule has 1 rings (SSSR count). The van der Waals surface area contributed by atoms with Crippen LogP contribution in [-0.4, -0.2) is 42.7 Å². The maximum Gasteiger partial charge on any atom is 0.117 e. The van der Waals surface area contributed by atoms with E-state index < -0.39 is 6.23 Å². The molecule has 33 heavy (non-hydrogen) atoms. The van der Waals surface area contributed by atoms with Crippen molar-refractivity contribution in [2.75, 3.05) is 13.6 Å². The van der Waals surface area contributed by atoms with E-state index in [0.717, 1.165) is 12.8 Å². The first-order valence-electron chi connectivity index (χ1n) is 13.4. The average molecular weight is 465 g/mol. The second-order valence-corrected chi connectivity index (χ2v) is 12.1. The Morgan fingerprint density at radius 2 is 1.88 bits per heavy atom. The van der Waals surface area contributed by atoms with E-state index in [1.54, 1.807) is 0 Å². The predicted molar refractivity (Wildman–Crippen MR) is 143 cm³/mol. The number of hydrogen-bond acceptors (Lipinski definition) is 4. The van der Waals surface area contributed by atoms with Gasteiger partial charge in [-0.2, -0.15) is 0 Å². The molecule has 1 saturated heterocycles. The molecule has 4 nitrogen and oxygen atoms in total. The number of allylic oxidation sites excluding steroid dienone is 3. The third-order valence-electron chi connectivity index (χ3n) is 8.16. The van der Waals surface area contributed by atoms with Crippen molar-refractivity contribution in [1.82, 2.24) is 10.6 Å². The van der Waals surface area contributed by atoms with E-state index in [1.807, 2.05) is 7.05 Å². The van der Waals surface area contributed by atoms with Crippen molar-refractivity contribution in [3.63, 3.8) is 0 Å². The van der Waals surface area contributed by atoms with E-state index >= 15 is 0 Å². The lowest BCUT2D eigenvalue weighted by Crippen LogP contribution is -2.46. The fourth-order valence-corrected chi connectivity index (χ4v) is 4.79. The fourth-order valence-electron chi connectivity index (χ4n) is 4.79. The van der Waals surface area contributed by atoms with Crippen molar-refractivity contribution in [3.05, 3.63) is 23.3 Å². The van der Waals surface area contributed by atoms with E-state index in [0.29, 0.717) is 29.7 Å². The van der Waals surface area contributed by atoms with Crippen LogP contribution in [0.1, 0.15) is 101 Å². The SMILES string of the molecule is CCC(C)(C)CC[C@H](C)C/C=C(\C=C(\C)[C@H](C)NC(O)CNC)C1CC(C)OC(C)(C)[C@H]1C. The Bertz CT molecular complexity index is 638. The molecule has 0 aromatic rings. The van der Waals surface area contributed by atoms with Crippen LogP contribution >= 0.6 is 0 Å². The summed E-state index contributed by atoms with van der Waals surface area (Å²) >= 11 is 0. The van der Waals surface area contributed by atoms with Crippen molar-refractivity contribution in [2.24, 2.45) is 23.2 Å². The van der Waals surface area contributed by atoms with E-state index in [-0.39, 0.29) is 17.7 Å². The highest BCUT2D eigenvalue weighted by Gasteiger charge is 2.40. The molecule has 194 valence electrons. The van der Waals surface area contributed by atoms with Crippen molar-refractivity contribution in [2.45, 2.75) is 125 Å². The smallest absolute Gasteiger partial charge is 0.117 e. The van der Waals surface area contributed by atoms with Gasteiger partial charge in [-0.05, 0) is 96.1 Å². The molecule has 0 aromatic heterocycles. The largest absolute Gasteiger partial charge is 0.377 e. The van der Waals surface area contributed by atoms with E-state index in [1.165, 1.54) is 30.4 Å². The van der Waals surface area contributed by atoms with Crippen LogP contribution < -0.4 is 10.6 Å². The maximum atomic E-state index is 10.2. The summed E-state index contributed by atoms with van der Waals surface area (Å²) < 4.78 is 6.31. The van der Waals surface area contributed by atoms with Gasteiger partial charge in [-0.1, -0.05) is 58.8 Å². The standard InChI is InChI=1S/C29H56N2O2/c1-12-28(7,8)16-15-20(2)13-14-25(17-21(3)24(6)31-27(32)19-30-11)26-18-22(4)33-29(9,10)23(26)5/h14,17,20,22-24,26-27,30-32H,12-13,15-16,18-19H2,1-11H3/b21-17-,25-14+/t20-,22?,23+,24+,26?,27?/m1/s1. The fraction of sp³-hybridized carbons (Fsp3) is 0.862. The van der Waals surface area contributed by atoms with Gasteiger partial charge in [-0.15, -0.1) is 0 Å². The molecule has 0 bridgehead atoms. The molecule has 1 fully saturated rings. The van der Waals surface area contributed by atoms with Crippen molar-refractivity contribution >= 4 is 0 Å². The van der Waals surface area contributed by atoms with Gasteiger partial charge in [0.15, 0.2) is 0 Å². The molecule has 4 heteroatoms. The van der Waals surface area contributed by atoms with Gasteiger partial charge in [0.2, 0.25) is 0 Å². The van der Waals surface area contributed by atoms with E-state index in [9.17, 15) is 5.11 Å². The molecule has 3 unspecified atom stereocenters. The summed E-state index contributed by atoms with van der Waals surface area (Å²) in [4.78, 5) is 0. The van der Waals surface area contributed by atoms with Gasteiger partial charge in [0.1, 0.15) is 6.23 Å². The Balaban J connectivity index is 3.11. The molecule has 0 spiro atoms. The molecule has 3 N–H and O–H groups in total. The number of aliphatic hydroxyl groups excluding tert-OH is 1. The summed E-state index contributed by atoms with van der Waals surface area (Å²) in [7, 11) is 1.86. The van der Waals surface area contributed by atoms with Crippen LogP contribution in [0.25, 0.3) is 0 Å². The number of aliphatic hydroxyl groups is 1. The number of nitrogens with one attached hydrogen (secondary N) is 2. The Morgan fingerprint density at radius 3 is 2.45 bits per heavy atom. The highest BCUT2D eigenvalue weighted by molar-refractivity contribution is 5.29. The molecule has 0 aromatic carbocycles. The van der Waals surface area contributed by atoms with Crippen LogP contribution in [0, 0.1) is 23.2 Å². The van der Waals surface area contributed by atoms with Gasteiger partial charge >= 0.3 is 0 Å². The van der Waals surface area contributed by atoms with Crippen molar-refractivity contribution in [1.29, 1.82) is 0 Å². The lowest BCUT2D eigenvalue weighted by atomic mass is 9.71. The van der Waals surface area contributed by atoms with Crippen LogP contribution in [-0.2, 0) is 4.74 Å². The highest BCUT2D eigenvalue weighted by atomic mass is 16.5. The minimum Gasteiger partial charge on any atom is -0.377 e. The quantitative estimate of drug-likeness (QED) is 0.216. The van der Waals surface area contributed by atoms with Gasteiger partial charge in [-0.3, -0.25) is 5.32 Å². The van der Waals surface area contributed by atoms with Crippen LogP contribution in [0.3, 0.4) is 0 Å². The van der Waals surface area contributed by atoms with Crippen LogP contribution in [0.5, 0.6) is 0 Å². The zero-order valence-corrected chi connectivity index (χ0v) is 23.7. The van der Waals surface area contributed by atoms with Crippen molar-refractivity contribution in [3.8, 4) is 0 Å². The molecule has 0 aliphatic carbocycles. The lowest BCUT2D eigenvalue weighted by molar-refractivity contribution is -0.146. The Hall–Kier alpha value is -0.680. The molecule has 1 aliphatic rings. The van der Waals surface area contributed by atoms with Gasteiger partial charge < -0.3 is 15.2 Å². The lowest BCUT2D eigenvalue weighted by Gasteiger charge is -2.46. The summed E-state index contributed by atoms with van der Waals surface area (Å²) in [6.45, 7) is 23.4. The van der Waals surface area contributed by atoms with Gasteiger partial charge in [0.25, 0.3) is 0 Å². The molecule has 0 amide bonds. The third-order valence-corrected chi connectivity index (χ3v) is 8.16. The first kappa shape index (κ1) is 30.4. The first-order chi connectivity index (χ1) is 15.2. The van der Waals surface area contributed by atoms with Crippen LogP contribution in [0.4, 0.5) is 0 Å². The summed E-state index contributed by atoms with van der Waals surface area (Å²) in [5.74, 6) is 1.59. The predicted octanol–water partition coefficient (Wildman–Crippen LogP) is 6.46. The second kappa shape index (κ2) is 13.4. The van der Waals surface area contributed by atoms with Crippen molar-refractivity contribution < 1.29 is 9.84 Å². The topological polar surface area (TPSA) is 53.5 Å². The average Bonchev–Trinajstić information content (AvgIpc) is 2.71. The molecule has 6 atom stereocenters. The maximum absolute atomic E-state index is 10.2. The van der Waals surface area contributed by atoms with Crippen LogP contribution in [0.2, 0.25) is 0 Å². The summed E-state index contributed by atoms with van der Waals surface area (Å²) in [6, 6.07) is 0.111. The number of ether oxygens (including phenoxy) is 1. The zero-order valence-electron chi connectivity index (χ0n) is 23.7. The molecule has 1 aliphatic heterocycles. The zero-order chi connectivity index (χ0) is 25.4. The normalized spacial score (nSPS) is 27.3. The Kier molecular flexibility index (Phi) is 12.3. The number of likely N-dealkylation sites (N-methyl/N-ethyl adjacent to an activating group) is 1. The summed E-state index contributed by atoms with van der Waals surface area (Å²) in [5, 5.41) is 16.5. The monoisotopic (exact) mass is 464 g/mol. The van der Waals surface area contributed by atoms with Crippen LogP contribution in [0.15, 0.2) is 23.3 Å². The molecular weight excluding hydrogens is 408 g/mol. The van der Waals surface area contributed by atoms with Gasteiger partial charge in [0, 0.05) is 12.6 Å². The molecule has 1 heterocycles. The molecule has 0 radical (unpaired) electrons. The highest BCUT2D eigenvalue weighted by Crippen LogP contribution is 2.42. The summed E-state index contributed by atoms with van der Waals surface area (Å²) in [5.41, 5.74) is 3.01. The third kappa shape index (κ3) is 10.2. The minimum atomic E-state index is -0.552. The summed E-state index contributed by atoms with van der Waals surface area (Å²) in [6.07, 6.45) is 10.6. The van der Waals surface area contributed by atoms with E-state index in [4.69, 9.17) is 4.74 Å². The van der Waals surface area contributed by atoms with E-state index in [2.05, 4.69) is 92.0 Å². The minimum absolute atomic E-state index is 0.111. The first-order valence-corrected chi connectivity index (χ1v) is 13.4.